The number of fused-ring (bicyclic) bond motifs is 1. The Morgan fingerprint density at radius 1 is 1.10 bits per heavy atom. The minimum atomic E-state index is -4.60. The number of halogens is 3. The van der Waals surface area contributed by atoms with Gasteiger partial charge in [0.1, 0.15) is 0 Å². The van der Waals surface area contributed by atoms with Crippen LogP contribution in [0.15, 0.2) is 24.3 Å². The Balaban J connectivity index is 2.09. The van der Waals surface area contributed by atoms with E-state index >= 15 is 0 Å². The molecule has 1 aromatic heterocycles. The third-order valence-corrected chi connectivity index (χ3v) is 2.81. The molecule has 110 valence electrons. The molecule has 0 fully saturated rings. The lowest BCUT2D eigenvalue weighted by atomic mass is 10.1. The average molecular weight is 298 g/mol. The second kappa shape index (κ2) is 4.77. The van der Waals surface area contributed by atoms with E-state index in [2.05, 4.69) is 9.97 Å². The molecule has 9 heteroatoms. The van der Waals surface area contributed by atoms with Crippen LogP contribution in [-0.4, -0.2) is 16.8 Å². The molecule has 0 saturated heterocycles. The van der Waals surface area contributed by atoms with Crippen molar-refractivity contribution in [2.24, 2.45) is 5.84 Å². The molecule has 0 bridgehead atoms. The molecule has 0 radical (unpaired) electrons. The number of nitrogens with zero attached hydrogens (tertiary/aromatic N) is 2. The fourth-order valence-electron chi connectivity index (χ4n) is 1.86. The Morgan fingerprint density at radius 2 is 1.86 bits per heavy atom. The first-order valence-electron chi connectivity index (χ1n) is 5.80. The fraction of sp³-hybridized carbons (Fsp3) is 0.167. The second-order valence-electron chi connectivity index (χ2n) is 4.17. The lowest BCUT2D eigenvalue weighted by molar-refractivity contribution is -0.141. The zero-order valence-corrected chi connectivity index (χ0v) is 10.4. The maximum atomic E-state index is 12.8. The van der Waals surface area contributed by atoms with Gasteiger partial charge in [-0.3, -0.25) is 5.43 Å². The van der Waals surface area contributed by atoms with Gasteiger partial charge in [-0.25, -0.2) is 15.8 Å². The van der Waals surface area contributed by atoms with E-state index < -0.39 is 11.9 Å². The standard InChI is InChI=1S/C12H9F3N4O2/c13-12(14,15)10-4-7(17-11(18-10)19-16)6-1-2-8-9(3-6)21-5-20-8/h1-4H,5,16H2,(H,17,18,19). The molecule has 0 aliphatic carbocycles. The highest BCUT2D eigenvalue weighted by Crippen LogP contribution is 2.37. The molecule has 1 aliphatic heterocycles. The first kappa shape index (κ1) is 13.4. The van der Waals surface area contributed by atoms with E-state index in [0.717, 1.165) is 6.07 Å². The van der Waals surface area contributed by atoms with Gasteiger partial charge in [-0.1, -0.05) is 0 Å². The summed E-state index contributed by atoms with van der Waals surface area (Å²) >= 11 is 0. The maximum absolute atomic E-state index is 12.8. The molecule has 2 aromatic rings. The Bertz CT molecular complexity index is 691. The Morgan fingerprint density at radius 3 is 2.57 bits per heavy atom. The molecule has 3 rings (SSSR count). The van der Waals surface area contributed by atoms with Crippen molar-refractivity contribution in [3.63, 3.8) is 0 Å². The molecule has 2 heterocycles. The van der Waals surface area contributed by atoms with Gasteiger partial charge < -0.3 is 9.47 Å². The van der Waals surface area contributed by atoms with Crippen LogP contribution in [0.4, 0.5) is 19.1 Å². The van der Waals surface area contributed by atoms with Crippen molar-refractivity contribution >= 4 is 5.95 Å². The number of nitrogens with two attached hydrogens (primary N) is 1. The minimum Gasteiger partial charge on any atom is -0.454 e. The second-order valence-corrected chi connectivity index (χ2v) is 4.17. The summed E-state index contributed by atoms with van der Waals surface area (Å²) in [6.07, 6.45) is -4.60. The molecule has 0 atom stereocenters. The average Bonchev–Trinajstić information content (AvgIpc) is 2.93. The number of aromatic nitrogens is 2. The Kier molecular flexibility index (Phi) is 3.05. The van der Waals surface area contributed by atoms with Crippen molar-refractivity contribution in [3.8, 4) is 22.8 Å². The number of nitrogens with one attached hydrogen (secondary N) is 1. The van der Waals surface area contributed by atoms with Crippen LogP contribution in [0.25, 0.3) is 11.3 Å². The largest absolute Gasteiger partial charge is 0.454 e. The van der Waals surface area contributed by atoms with Gasteiger partial charge in [0, 0.05) is 5.56 Å². The summed E-state index contributed by atoms with van der Waals surface area (Å²) in [6, 6.07) is 5.57. The third kappa shape index (κ3) is 2.55. The van der Waals surface area contributed by atoms with E-state index in [0.29, 0.717) is 17.1 Å². The van der Waals surface area contributed by atoms with Gasteiger partial charge in [-0.05, 0) is 24.3 Å². The molecule has 6 nitrogen and oxygen atoms in total. The molecule has 0 unspecified atom stereocenters. The van der Waals surface area contributed by atoms with Gasteiger partial charge in [0.2, 0.25) is 12.7 Å². The summed E-state index contributed by atoms with van der Waals surface area (Å²) in [7, 11) is 0. The smallest absolute Gasteiger partial charge is 0.433 e. The van der Waals surface area contributed by atoms with Gasteiger partial charge >= 0.3 is 6.18 Å². The van der Waals surface area contributed by atoms with Gasteiger partial charge in [-0.2, -0.15) is 13.2 Å². The summed E-state index contributed by atoms with van der Waals surface area (Å²) in [4.78, 5) is 7.21. The molecular formula is C12H9F3N4O2. The Hall–Kier alpha value is -2.55. The van der Waals surface area contributed by atoms with E-state index in [1.165, 1.54) is 0 Å². The van der Waals surface area contributed by atoms with Crippen molar-refractivity contribution in [1.29, 1.82) is 0 Å². The van der Waals surface area contributed by atoms with Crippen LogP contribution in [0.3, 0.4) is 0 Å². The van der Waals surface area contributed by atoms with Crippen molar-refractivity contribution in [2.45, 2.75) is 6.18 Å². The lowest BCUT2D eigenvalue weighted by Gasteiger charge is -2.10. The first-order chi connectivity index (χ1) is 9.97. The molecule has 0 spiro atoms. The number of hydrogen-bond donors (Lipinski definition) is 2. The van der Waals surface area contributed by atoms with E-state index in [4.69, 9.17) is 15.3 Å². The lowest BCUT2D eigenvalue weighted by Crippen LogP contribution is -2.15. The van der Waals surface area contributed by atoms with Gasteiger partial charge in [0.05, 0.1) is 5.69 Å². The number of ether oxygens (including phenoxy) is 2. The van der Waals surface area contributed by atoms with Crippen molar-refractivity contribution < 1.29 is 22.6 Å². The third-order valence-electron chi connectivity index (χ3n) is 2.81. The number of hydrazine groups is 1. The molecule has 0 saturated carbocycles. The minimum absolute atomic E-state index is 0.0728. The highest BCUT2D eigenvalue weighted by atomic mass is 19.4. The SMILES string of the molecule is NNc1nc(-c2ccc3c(c2)OCO3)cc(C(F)(F)F)n1. The zero-order valence-electron chi connectivity index (χ0n) is 10.4. The number of alkyl halides is 3. The highest BCUT2D eigenvalue weighted by Gasteiger charge is 2.34. The molecule has 1 aromatic carbocycles. The summed E-state index contributed by atoms with van der Waals surface area (Å²) < 4.78 is 48.8. The summed E-state index contributed by atoms with van der Waals surface area (Å²) in [5, 5.41) is 0. The summed E-state index contributed by atoms with van der Waals surface area (Å²) in [6.45, 7) is 0.0754. The van der Waals surface area contributed by atoms with Gasteiger partial charge in [0.15, 0.2) is 17.2 Å². The van der Waals surface area contributed by atoms with Crippen molar-refractivity contribution in [3.05, 3.63) is 30.0 Å². The van der Waals surface area contributed by atoms with Gasteiger partial charge in [0.25, 0.3) is 0 Å². The van der Waals surface area contributed by atoms with E-state index in [9.17, 15) is 13.2 Å². The number of anilines is 1. The van der Waals surface area contributed by atoms with Crippen molar-refractivity contribution in [1.82, 2.24) is 9.97 Å². The quantitative estimate of drug-likeness (QED) is 0.653. The van der Waals surface area contributed by atoms with Crippen LogP contribution < -0.4 is 20.7 Å². The summed E-state index contributed by atoms with van der Waals surface area (Å²) in [5.41, 5.74) is 1.45. The fourth-order valence-corrected chi connectivity index (χ4v) is 1.86. The Labute approximate surface area is 116 Å². The molecule has 1 aliphatic rings. The van der Waals surface area contributed by atoms with Crippen LogP contribution in [0.1, 0.15) is 5.69 Å². The van der Waals surface area contributed by atoms with Crippen LogP contribution in [0, 0.1) is 0 Å². The molecule has 0 amide bonds. The highest BCUT2D eigenvalue weighted by molar-refractivity contribution is 5.65. The topological polar surface area (TPSA) is 82.3 Å². The molecule has 21 heavy (non-hydrogen) atoms. The number of benzene rings is 1. The van der Waals surface area contributed by atoms with Crippen LogP contribution >= 0.6 is 0 Å². The maximum Gasteiger partial charge on any atom is 0.433 e. The number of nitrogen functional groups attached to an aromatic ring is 1. The first-order valence-corrected chi connectivity index (χ1v) is 5.80. The number of rotatable bonds is 2. The molecule has 3 N–H and O–H groups in total. The number of hydrogen-bond acceptors (Lipinski definition) is 6. The van der Waals surface area contributed by atoms with Gasteiger partial charge in [-0.15, -0.1) is 0 Å². The normalized spacial score (nSPS) is 13.3. The van der Waals surface area contributed by atoms with E-state index in [-0.39, 0.29) is 18.4 Å². The monoisotopic (exact) mass is 298 g/mol. The van der Waals surface area contributed by atoms with Crippen LogP contribution in [-0.2, 0) is 6.18 Å². The molecular weight excluding hydrogens is 289 g/mol. The van der Waals surface area contributed by atoms with Crippen LogP contribution in [0.5, 0.6) is 11.5 Å². The van der Waals surface area contributed by atoms with E-state index in [1.54, 1.807) is 18.2 Å². The predicted molar refractivity (Wildman–Crippen MR) is 66.4 cm³/mol. The van der Waals surface area contributed by atoms with Crippen LogP contribution in [0.2, 0.25) is 0 Å². The predicted octanol–water partition coefficient (Wildman–Crippen LogP) is 2.18. The van der Waals surface area contributed by atoms with Crippen molar-refractivity contribution in [2.75, 3.05) is 12.2 Å². The zero-order chi connectivity index (χ0) is 15.0. The van der Waals surface area contributed by atoms with E-state index in [1.807, 2.05) is 5.43 Å². The summed E-state index contributed by atoms with van der Waals surface area (Å²) in [5.74, 6) is 5.77.